The van der Waals surface area contributed by atoms with E-state index >= 15 is 0 Å². The molecule has 2 unspecified atom stereocenters. The third kappa shape index (κ3) is 5.69. The monoisotopic (exact) mass is 467 g/mol. The van der Waals surface area contributed by atoms with Crippen LogP contribution in [0.15, 0.2) is 67.3 Å². The van der Waals surface area contributed by atoms with Crippen LogP contribution in [-0.2, 0) is 22.4 Å². The third-order valence-electron chi connectivity index (χ3n) is 6.35. The summed E-state index contributed by atoms with van der Waals surface area (Å²) in [5.74, 6) is 0.142. The average molecular weight is 468 g/mol. The van der Waals surface area contributed by atoms with Crippen LogP contribution < -0.4 is 9.64 Å². The molecule has 0 spiro atoms. The first-order valence-corrected chi connectivity index (χ1v) is 12.1. The van der Waals surface area contributed by atoms with Crippen molar-refractivity contribution in [1.82, 2.24) is 9.55 Å². The summed E-state index contributed by atoms with van der Waals surface area (Å²) in [6.07, 6.45) is 9.48. The predicted octanol–water partition coefficient (Wildman–Crippen LogP) is 4.96. The fourth-order valence-corrected chi connectivity index (χ4v) is 4.68. The highest BCUT2D eigenvalue weighted by molar-refractivity contribution is 6.30. The molecule has 3 heterocycles. The molecule has 2 atom stereocenters. The summed E-state index contributed by atoms with van der Waals surface area (Å²) in [6, 6.07) is 16.3. The van der Waals surface area contributed by atoms with E-state index in [1.165, 1.54) is 24.1 Å². The van der Waals surface area contributed by atoms with E-state index in [1.54, 1.807) is 12.5 Å². The van der Waals surface area contributed by atoms with Crippen LogP contribution in [-0.4, -0.2) is 47.7 Å². The van der Waals surface area contributed by atoms with Gasteiger partial charge in [0.25, 0.3) is 0 Å². The molecule has 0 bridgehead atoms. The van der Waals surface area contributed by atoms with Gasteiger partial charge in [0.15, 0.2) is 5.79 Å². The Morgan fingerprint density at radius 1 is 1.06 bits per heavy atom. The fourth-order valence-electron chi connectivity index (χ4n) is 4.55. The van der Waals surface area contributed by atoms with Crippen molar-refractivity contribution in [1.29, 1.82) is 0 Å². The molecular formula is C26H30ClN3O3. The maximum atomic E-state index is 6.46. The fraction of sp³-hybridized carbons (Fsp3) is 0.423. The Hall–Kier alpha value is -2.54. The smallest absolute Gasteiger partial charge is 0.187 e. The van der Waals surface area contributed by atoms with E-state index in [1.807, 2.05) is 35.0 Å². The Kier molecular flexibility index (Phi) is 6.85. The van der Waals surface area contributed by atoms with E-state index in [4.69, 9.17) is 25.8 Å². The van der Waals surface area contributed by atoms with Gasteiger partial charge >= 0.3 is 0 Å². The normalized spacial score (nSPS) is 22.7. The van der Waals surface area contributed by atoms with Gasteiger partial charge in [0.2, 0.25) is 0 Å². The zero-order chi connectivity index (χ0) is 22.5. The number of halogens is 1. The molecule has 0 amide bonds. The maximum absolute atomic E-state index is 6.46. The molecule has 2 aliphatic heterocycles. The maximum Gasteiger partial charge on any atom is 0.187 e. The van der Waals surface area contributed by atoms with Gasteiger partial charge in [-0.25, -0.2) is 4.98 Å². The second-order valence-corrected chi connectivity index (χ2v) is 9.26. The van der Waals surface area contributed by atoms with Gasteiger partial charge in [-0.05, 0) is 61.2 Å². The molecule has 2 aromatic carbocycles. The minimum Gasteiger partial charge on any atom is -0.491 e. The van der Waals surface area contributed by atoms with E-state index in [9.17, 15) is 0 Å². The van der Waals surface area contributed by atoms with Gasteiger partial charge in [0.05, 0.1) is 19.5 Å². The lowest BCUT2D eigenvalue weighted by Crippen LogP contribution is -2.37. The van der Waals surface area contributed by atoms with Crippen LogP contribution in [0.3, 0.4) is 0 Å². The molecule has 0 aliphatic carbocycles. The summed E-state index contributed by atoms with van der Waals surface area (Å²) in [4.78, 5) is 6.58. The van der Waals surface area contributed by atoms with Crippen LogP contribution in [0.5, 0.6) is 5.75 Å². The average Bonchev–Trinajstić information content (AvgIpc) is 3.61. The summed E-state index contributed by atoms with van der Waals surface area (Å²) in [7, 11) is 0. The lowest BCUT2D eigenvalue weighted by atomic mass is 10.0. The summed E-state index contributed by atoms with van der Waals surface area (Å²) in [5.41, 5.74) is 2.47. The van der Waals surface area contributed by atoms with Gasteiger partial charge in [-0.3, -0.25) is 0 Å². The number of rotatable bonds is 9. The number of anilines is 1. The van der Waals surface area contributed by atoms with Gasteiger partial charge in [0, 0.05) is 42.6 Å². The first-order chi connectivity index (χ1) is 16.2. The minimum atomic E-state index is -0.714. The quantitative estimate of drug-likeness (QED) is 0.445. The standard InChI is InChI=1S/C26H30ClN3O3/c27-22-5-3-21(4-6-22)11-12-26(19-29-16-13-28-20-29)32-18-25(33-26)17-31-24-9-7-23(8-10-24)30-14-1-2-15-30/h3-10,13,16,20,25H,1-2,11-12,14-15,17-19H2. The molecule has 5 rings (SSSR count). The van der Waals surface area contributed by atoms with Crippen molar-refractivity contribution in [2.75, 3.05) is 31.2 Å². The molecule has 0 radical (unpaired) electrons. The lowest BCUT2D eigenvalue weighted by molar-refractivity contribution is -0.184. The minimum absolute atomic E-state index is 0.128. The molecule has 174 valence electrons. The van der Waals surface area contributed by atoms with Crippen molar-refractivity contribution in [2.24, 2.45) is 0 Å². The molecular weight excluding hydrogens is 438 g/mol. The number of aryl methyl sites for hydroxylation is 1. The molecule has 7 heteroatoms. The van der Waals surface area contributed by atoms with E-state index in [-0.39, 0.29) is 6.10 Å². The third-order valence-corrected chi connectivity index (χ3v) is 6.60. The number of nitrogens with zero attached hydrogens (tertiary/aromatic N) is 3. The van der Waals surface area contributed by atoms with Gasteiger partial charge in [-0.1, -0.05) is 23.7 Å². The Bertz CT molecular complexity index is 1000. The summed E-state index contributed by atoms with van der Waals surface area (Å²) >= 11 is 6.03. The van der Waals surface area contributed by atoms with E-state index in [2.05, 4.69) is 34.1 Å². The summed E-state index contributed by atoms with van der Waals surface area (Å²) in [5, 5.41) is 0.742. The Balaban J connectivity index is 1.19. The lowest BCUT2D eigenvalue weighted by Gasteiger charge is -2.28. The topological polar surface area (TPSA) is 48.8 Å². The van der Waals surface area contributed by atoms with Crippen LogP contribution in [0.1, 0.15) is 24.8 Å². The Morgan fingerprint density at radius 3 is 2.58 bits per heavy atom. The van der Waals surface area contributed by atoms with Gasteiger partial charge < -0.3 is 23.7 Å². The Labute approximate surface area is 200 Å². The van der Waals surface area contributed by atoms with Crippen LogP contribution in [0.25, 0.3) is 0 Å². The molecule has 2 saturated heterocycles. The van der Waals surface area contributed by atoms with E-state index in [0.29, 0.717) is 19.8 Å². The van der Waals surface area contributed by atoms with Crippen molar-refractivity contribution in [3.63, 3.8) is 0 Å². The number of hydrogen-bond acceptors (Lipinski definition) is 5. The zero-order valence-corrected chi connectivity index (χ0v) is 19.5. The number of aromatic nitrogens is 2. The number of imidazole rings is 1. The van der Waals surface area contributed by atoms with E-state index in [0.717, 1.165) is 36.7 Å². The molecule has 0 N–H and O–H groups in total. The second-order valence-electron chi connectivity index (χ2n) is 8.82. The predicted molar refractivity (Wildman–Crippen MR) is 129 cm³/mol. The first-order valence-electron chi connectivity index (χ1n) is 11.7. The number of hydrogen-bond donors (Lipinski definition) is 0. The highest BCUT2D eigenvalue weighted by Crippen LogP contribution is 2.32. The van der Waals surface area contributed by atoms with Crippen LogP contribution in [0, 0.1) is 0 Å². The highest BCUT2D eigenvalue weighted by atomic mass is 35.5. The second kappa shape index (κ2) is 10.2. The summed E-state index contributed by atoms with van der Waals surface area (Å²) < 4.78 is 20.8. The zero-order valence-electron chi connectivity index (χ0n) is 18.7. The molecule has 2 fully saturated rings. The van der Waals surface area contributed by atoms with Crippen molar-refractivity contribution < 1.29 is 14.2 Å². The van der Waals surface area contributed by atoms with Crippen molar-refractivity contribution in [3.05, 3.63) is 77.8 Å². The van der Waals surface area contributed by atoms with Gasteiger partial charge in [-0.15, -0.1) is 0 Å². The molecule has 1 aromatic heterocycles. The SMILES string of the molecule is Clc1ccc(CCC2(Cn3ccnc3)OCC(COc3ccc(N4CCCC4)cc3)O2)cc1. The first kappa shape index (κ1) is 22.3. The Morgan fingerprint density at radius 2 is 1.85 bits per heavy atom. The molecule has 2 aliphatic rings. The van der Waals surface area contributed by atoms with E-state index < -0.39 is 5.79 Å². The number of ether oxygens (including phenoxy) is 3. The van der Waals surface area contributed by atoms with Crippen LogP contribution in [0.2, 0.25) is 5.02 Å². The molecule has 3 aromatic rings. The van der Waals surface area contributed by atoms with Gasteiger partial charge in [0.1, 0.15) is 18.5 Å². The highest BCUT2D eigenvalue weighted by Gasteiger charge is 2.42. The van der Waals surface area contributed by atoms with Crippen LogP contribution >= 0.6 is 11.6 Å². The van der Waals surface area contributed by atoms with Crippen LogP contribution in [0.4, 0.5) is 5.69 Å². The van der Waals surface area contributed by atoms with Crippen molar-refractivity contribution in [2.45, 2.75) is 44.1 Å². The molecule has 6 nitrogen and oxygen atoms in total. The largest absolute Gasteiger partial charge is 0.491 e. The van der Waals surface area contributed by atoms with Crippen molar-refractivity contribution in [3.8, 4) is 5.75 Å². The van der Waals surface area contributed by atoms with Gasteiger partial charge in [-0.2, -0.15) is 0 Å². The summed E-state index contributed by atoms with van der Waals surface area (Å²) in [6.45, 7) is 3.82. The molecule has 33 heavy (non-hydrogen) atoms. The number of benzene rings is 2. The van der Waals surface area contributed by atoms with Crippen molar-refractivity contribution >= 4 is 17.3 Å². The molecule has 0 saturated carbocycles.